The standard InChI is InChI=1S/C3H2BrF5O3S/c4-2(5,6)1-12-13(10,11)3(7,8)9/h1H2. The minimum absolute atomic E-state index is 1.61. The van der Waals surface area contributed by atoms with Crippen molar-refractivity contribution in [3.63, 3.8) is 0 Å². The van der Waals surface area contributed by atoms with E-state index in [-0.39, 0.29) is 0 Å². The molecule has 0 N–H and O–H groups in total. The highest BCUT2D eigenvalue weighted by molar-refractivity contribution is 9.10. The first-order chi connectivity index (χ1) is 5.46. The van der Waals surface area contributed by atoms with Crippen molar-refractivity contribution >= 4 is 26.0 Å². The van der Waals surface area contributed by atoms with Crippen LogP contribution in [0.3, 0.4) is 0 Å². The first-order valence-electron chi connectivity index (χ1n) is 2.48. The van der Waals surface area contributed by atoms with Gasteiger partial charge in [-0.05, 0) is 15.9 Å². The van der Waals surface area contributed by atoms with Crippen LogP contribution in [0.5, 0.6) is 0 Å². The average molecular weight is 293 g/mol. The lowest BCUT2D eigenvalue weighted by Crippen LogP contribution is -2.29. The maximum absolute atomic E-state index is 11.8. The van der Waals surface area contributed by atoms with Crippen molar-refractivity contribution in [2.75, 3.05) is 6.61 Å². The lowest BCUT2D eigenvalue weighted by Gasteiger charge is -2.10. The largest absolute Gasteiger partial charge is 0.523 e. The van der Waals surface area contributed by atoms with Gasteiger partial charge >= 0.3 is 20.5 Å². The van der Waals surface area contributed by atoms with Gasteiger partial charge in [-0.1, -0.05) is 0 Å². The van der Waals surface area contributed by atoms with Crippen molar-refractivity contribution in [1.82, 2.24) is 0 Å². The number of hydrogen-bond donors (Lipinski definition) is 0. The summed E-state index contributed by atoms with van der Waals surface area (Å²) in [5, 5.41) is 0. The first kappa shape index (κ1) is 13.0. The highest BCUT2D eigenvalue weighted by Crippen LogP contribution is 2.28. The summed E-state index contributed by atoms with van der Waals surface area (Å²) >= 11 is 1.61. The molecular weight excluding hydrogens is 291 g/mol. The maximum atomic E-state index is 11.8. The molecule has 0 aromatic rings. The molecule has 0 saturated heterocycles. The monoisotopic (exact) mass is 292 g/mol. The fourth-order valence-electron chi connectivity index (χ4n) is 0.211. The van der Waals surface area contributed by atoms with Crippen molar-refractivity contribution < 1.29 is 34.6 Å². The molecule has 0 aromatic heterocycles. The zero-order valence-electron chi connectivity index (χ0n) is 5.61. The van der Waals surface area contributed by atoms with E-state index in [0.717, 1.165) is 0 Å². The van der Waals surface area contributed by atoms with Gasteiger partial charge in [-0.15, -0.1) is 0 Å². The van der Waals surface area contributed by atoms with Crippen LogP contribution in [0.15, 0.2) is 0 Å². The van der Waals surface area contributed by atoms with E-state index in [9.17, 15) is 30.4 Å². The van der Waals surface area contributed by atoms with Crippen LogP contribution in [0, 0.1) is 0 Å². The Balaban J connectivity index is 4.40. The summed E-state index contributed by atoms with van der Waals surface area (Å²) in [4.78, 5) is -3.81. The van der Waals surface area contributed by atoms with Crippen LogP contribution in [0.4, 0.5) is 22.0 Å². The minimum atomic E-state index is -5.94. The van der Waals surface area contributed by atoms with Crippen LogP contribution >= 0.6 is 15.9 Å². The molecule has 80 valence electrons. The molecule has 0 bridgehead atoms. The molecule has 13 heavy (non-hydrogen) atoms. The SMILES string of the molecule is O=S(=O)(OCC(F)(F)Br)C(F)(F)F. The van der Waals surface area contributed by atoms with Crippen LogP contribution in [0.25, 0.3) is 0 Å². The summed E-state index contributed by atoms with van der Waals surface area (Å²) in [5.41, 5.74) is -5.69. The van der Waals surface area contributed by atoms with Crippen molar-refractivity contribution in [2.24, 2.45) is 0 Å². The first-order valence-corrected chi connectivity index (χ1v) is 4.68. The van der Waals surface area contributed by atoms with Crippen LogP contribution in [-0.2, 0) is 14.3 Å². The molecule has 0 radical (unpaired) electrons. The van der Waals surface area contributed by atoms with Gasteiger partial charge in [-0.3, -0.25) is 4.18 Å². The topological polar surface area (TPSA) is 43.4 Å². The molecule has 0 heterocycles. The Labute approximate surface area is 78.1 Å². The summed E-state index contributed by atoms with van der Waals surface area (Å²) in [6.07, 6.45) is 0. The van der Waals surface area contributed by atoms with E-state index >= 15 is 0 Å². The molecule has 0 aliphatic carbocycles. The minimum Gasteiger partial charge on any atom is -0.256 e. The Bertz CT molecular complexity index is 264. The quantitative estimate of drug-likeness (QED) is 0.345. The van der Waals surface area contributed by atoms with Crippen molar-refractivity contribution in [2.45, 2.75) is 10.3 Å². The van der Waals surface area contributed by atoms with Crippen LogP contribution in [0.1, 0.15) is 0 Å². The van der Waals surface area contributed by atoms with Gasteiger partial charge in [0.05, 0.1) is 0 Å². The summed E-state index contributed by atoms with van der Waals surface area (Å²) in [7, 11) is -5.94. The van der Waals surface area contributed by atoms with Gasteiger partial charge in [0, 0.05) is 0 Å². The number of rotatable bonds is 3. The lowest BCUT2D eigenvalue weighted by molar-refractivity contribution is -0.0584. The predicted molar refractivity (Wildman–Crippen MR) is 34.8 cm³/mol. The zero-order chi connectivity index (χ0) is 10.9. The third-order valence-corrected chi connectivity index (χ3v) is 1.89. The third-order valence-electron chi connectivity index (χ3n) is 0.661. The predicted octanol–water partition coefficient (Wildman–Crippen LogP) is 1.84. The Morgan fingerprint density at radius 3 is 1.77 bits per heavy atom. The molecule has 0 aliphatic rings. The lowest BCUT2D eigenvalue weighted by atomic mass is 10.8. The molecule has 0 aromatic carbocycles. The van der Waals surface area contributed by atoms with E-state index in [4.69, 9.17) is 0 Å². The molecule has 0 saturated carbocycles. The van der Waals surface area contributed by atoms with E-state index in [1.54, 1.807) is 15.9 Å². The molecule has 0 fully saturated rings. The van der Waals surface area contributed by atoms with Gasteiger partial charge in [0.1, 0.15) is 6.61 Å². The molecule has 0 unspecified atom stereocenters. The normalized spacial score (nSPS) is 14.6. The van der Waals surface area contributed by atoms with E-state index in [1.165, 1.54) is 0 Å². The second-order valence-corrected chi connectivity index (χ2v) is 4.54. The summed E-state index contributed by atoms with van der Waals surface area (Å²) in [6, 6.07) is 0. The second-order valence-electron chi connectivity index (χ2n) is 1.78. The highest BCUT2D eigenvalue weighted by Gasteiger charge is 2.48. The molecule has 0 rings (SSSR count). The van der Waals surface area contributed by atoms with Crippen molar-refractivity contribution in [3.05, 3.63) is 0 Å². The van der Waals surface area contributed by atoms with Gasteiger partial charge in [-0.2, -0.15) is 30.4 Å². The van der Waals surface area contributed by atoms with Crippen LogP contribution < -0.4 is 0 Å². The van der Waals surface area contributed by atoms with Crippen LogP contribution in [-0.4, -0.2) is 25.4 Å². The number of halogens is 6. The van der Waals surface area contributed by atoms with E-state index in [1.807, 2.05) is 0 Å². The summed E-state index contributed by atoms with van der Waals surface area (Å²) in [6.45, 7) is -1.91. The molecule has 0 amide bonds. The third kappa shape index (κ3) is 4.72. The van der Waals surface area contributed by atoms with Crippen LogP contribution in [0.2, 0.25) is 0 Å². The van der Waals surface area contributed by atoms with E-state index in [2.05, 4.69) is 4.18 Å². The molecule has 0 spiro atoms. The molecular formula is C3H2BrF5O3S. The summed E-state index contributed by atoms with van der Waals surface area (Å²) < 4.78 is 80.9. The van der Waals surface area contributed by atoms with E-state index < -0.39 is 27.1 Å². The molecule has 0 atom stereocenters. The van der Waals surface area contributed by atoms with E-state index in [0.29, 0.717) is 0 Å². The van der Waals surface area contributed by atoms with Gasteiger partial charge in [0.15, 0.2) is 0 Å². The maximum Gasteiger partial charge on any atom is 0.523 e. The molecule has 3 nitrogen and oxygen atoms in total. The van der Waals surface area contributed by atoms with Gasteiger partial charge < -0.3 is 0 Å². The Kier molecular flexibility index (Phi) is 3.67. The van der Waals surface area contributed by atoms with Gasteiger partial charge in [0.25, 0.3) is 0 Å². The zero-order valence-corrected chi connectivity index (χ0v) is 8.01. The molecule has 0 aliphatic heterocycles. The average Bonchev–Trinajstić information content (AvgIpc) is 1.79. The highest BCUT2D eigenvalue weighted by atomic mass is 79.9. The van der Waals surface area contributed by atoms with Crippen molar-refractivity contribution in [1.29, 1.82) is 0 Å². The van der Waals surface area contributed by atoms with Gasteiger partial charge in [0.2, 0.25) is 0 Å². The molecule has 10 heteroatoms. The van der Waals surface area contributed by atoms with Crippen molar-refractivity contribution in [3.8, 4) is 0 Å². The number of alkyl halides is 6. The Morgan fingerprint density at radius 1 is 1.15 bits per heavy atom. The summed E-state index contributed by atoms with van der Waals surface area (Å²) in [5.74, 6) is 0. The Hall–Kier alpha value is 0.0400. The smallest absolute Gasteiger partial charge is 0.256 e. The Morgan fingerprint density at radius 2 is 1.54 bits per heavy atom. The van der Waals surface area contributed by atoms with Gasteiger partial charge in [-0.25, -0.2) is 0 Å². The fraction of sp³-hybridized carbons (Fsp3) is 1.00. The number of hydrogen-bond acceptors (Lipinski definition) is 3. The fourth-order valence-corrected chi connectivity index (χ4v) is 0.914. The second kappa shape index (κ2) is 3.65.